The Morgan fingerprint density at radius 1 is 1.22 bits per heavy atom. The van der Waals surface area contributed by atoms with Crippen LogP contribution in [0.25, 0.3) is 0 Å². The van der Waals surface area contributed by atoms with Crippen LogP contribution in [0.1, 0.15) is 17.2 Å². The van der Waals surface area contributed by atoms with Gasteiger partial charge < -0.3 is 5.73 Å². The van der Waals surface area contributed by atoms with Crippen LogP contribution in [-0.2, 0) is 4.79 Å². The quantitative estimate of drug-likeness (QED) is 0.926. The number of nitrogens with two attached hydrogens (primary N) is 1. The second kappa shape index (κ2) is 5.14. The summed E-state index contributed by atoms with van der Waals surface area (Å²) < 4.78 is 12.9. The fourth-order valence-corrected chi connectivity index (χ4v) is 1.81. The molecule has 2 N–H and O–H groups in total. The van der Waals surface area contributed by atoms with Gasteiger partial charge in [-0.05, 0) is 29.8 Å². The van der Waals surface area contributed by atoms with E-state index < -0.39 is 11.8 Å². The molecule has 0 aliphatic heterocycles. The van der Waals surface area contributed by atoms with Crippen molar-refractivity contribution in [3.05, 3.63) is 64.7 Å². The number of nitrogens with zero attached hydrogens (tertiary/aromatic N) is 1. The summed E-state index contributed by atoms with van der Waals surface area (Å²) >= 11 is 5.73. The van der Waals surface area contributed by atoms with Crippen molar-refractivity contribution in [2.75, 3.05) is 0 Å². The SMILES string of the molecule is NC(=O)C(c1ccc(F)cc1)c1ccc(Cl)cn1. The average molecular weight is 265 g/mol. The molecular formula is C13H10ClFN2O. The topological polar surface area (TPSA) is 56.0 Å². The van der Waals surface area contributed by atoms with Gasteiger partial charge in [-0.2, -0.15) is 0 Å². The highest BCUT2D eigenvalue weighted by Gasteiger charge is 2.21. The van der Waals surface area contributed by atoms with Crippen molar-refractivity contribution in [2.24, 2.45) is 5.73 Å². The summed E-state index contributed by atoms with van der Waals surface area (Å²) in [6, 6.07) is 8.84. The van der Waals surface area contributed by atoms with Gasteiger partial charge >= 0.3 is 0 Å². The molecule has 18 heavy (non-hydrogen) atoms. The molecule has 2 aromatic rings. The smallest absolute Gasteiger partial charge is 0.231 e. The number of carbonyl (C=O) groups excluding carboxylic acids is 1. The first-order chi connectivity index (χ1) is 8.58. The minimum Gasteiger partial charge on any atom is -0.369 e. The van der Waals surface area contributed by atoms with E-state index in [-0.39, 0.29) is 5.82 Å². The minimum atomic E-state index is -0.706. The summed E-state index contributed by atoms with van der Waals surface area (Å²) in [7, 11) is 0. The molecule has 0 bridgehead atoms. The van der Waals surface area contributed by atoms with Crippen molar-refractivity contribution >= 4 is 17.5 Å². The number of halogens is 2. The van der Waals surface area contributed by atoms with E-state index in [2.05, 4.69) is 4.98 Å². The zero-order valence-corrected chi connectivity index (χ0v) is 10.1. The number of hydrogen-bond donors (Lipinski definition) is 1. The lowest BCUT2D eigenvalue weighted by molar-refractivity contribution is -0.118. The molecule has 1 unspecified atom stereocenters. The average Bonchev–Trinajstić information content (AvgIpc) is 2.34. The number of primary amides is 1. The maximum Gasteiger partial charge on any atom is 0.231 e. The van der Waals surface area contributed by atoms with Gasteiger partial charge in [0.1, 0.15) is 11.7 Å². The molecule has 0 fully saturated rings. The van der Waals surface area contributed by atoms with E-state index in [1.54, 1.807) is 12.1 Å². The summed E-state index contributed by atoms with van der Waals surface area (Å²) in [5, 5.41) is 0.473. The van der Waals surface area contributed by atoms with Crippen LogP contribution in [0, 0.1) is 5.82 Å². The number of benzene rings is 1. The van der Waals surface area contributed by atoms with Gasteiger partial charge in [0.25, 0.3) is 0 Å². The fraction of sp³-hybridized carbons (Fsp3) is 0.0769. The summed E-state index contributed by atoms with van der Waals surface area (Å²) in [5.41, 5.74) is 6.45. The number of hydrogen-bond acceptors (Lipinski definition) is 2. The third-order valence-corrected chi connectivity index (χ3v) is 2.76. The van der Waals surface area contributed by atoms with Gasteiger partial charge in [0.15, 0.2) is 0 Å². The van der Waals surface area contributed by atoms with Crippen molar-refractivity contribution in [1.29, 1.82) is 0 Å². The molecule has 0 spiro atoms. The molecule has 1 atom stereocenters. The predicted molar refractivity (Wildman–Crippen MR) is 66.7 cm³/mol. The van der Waals surface area contributed by atoms with E-state index in [1.165, 1.54) is 30.5 Å². The van der Waals surface area contributed by atoms with Crippen LogP contribution >= 0.6 is 11.6 Å². The molecule has 3 nitrogen and oxygen atoms in total. The maximum absolute atomic E-state index is 12.9. The molecule has 0 radical (unpaired) electrons. The van der Waals surface area contributed by atoms with E-state index in [4.69, 9.17) is 17.3 Å². The molecule has 0 aliphatic carbocycles. The van der Waals surface area contributed by atoms with Crippen LogP contribution in [0.2, 0.25) is 5.02 Å². The van der Waals surface area contributed by atoms with Crippen molar-refractivity contribution < 1.29 is 9.18 Å². The molecule has 1 aromatic carbocycles. The first kappa shape index (κ1) is 12.5. The lowest BCUT2D eigenvalue weighted by atomic mass is 9.94. The van der Waals surface area contributed by atoms with Gasteiger partial charge in [-0.25, -0.2) is 4.39 Å². The Bertz CT molecular complexity index is 509. The fourth-order valence-electron chi connectivity index (χ4n) is 1.69. The Balaban J connectivity index is 2.43. The van der Waals surface area contributed by atoms with Crippen LogP contribution < -0.4 is 5.73 Å². The molecular weight excluding hydrogens is 255 g/mol. The molecule has 2 rings (SSSR count). The van der Waals surface area contributed by atoms with E-state index in [9.17, 15) is 9.18 Å². The minimum absolute atomic E-state index is 0.369. The molecule has 92 valence electrons. The molecule has 1 heterocycles. The lowest BCUT2D eigenvalue weighted by Gasteiger charge is -2.13. The van der Waals surface area contributed by atoms with E-state index >= 15 is 0 Å². The Hall–Kier alpha value is -1.94. The summed E-state index contributed by atoms with van der Waals surface area (Å²) in [5.74, 6) is -1.62. The van der Waals surface area contributed by atoms with E-state index in [0.717, 1.165) is 0 Å². The number of amides is 1. The summed E-state index contributed by atoms with van der Waals surface area (Å²) in [4.78, 5) is 15.6. The second-order valence-electron chi connectivity index (χ2n) is 3.79. The van der Waals surface area contributed by atoms with Gasteiger partial charge in [0.05, 0.1) is 10.7 Å². The van der Waals surface area contributed by atoms with Gasteiger partial charge in [-0.15, -0.1) is 0 Å². The molecule has 1 amide bonds. The van der Waals surface area contributed by atoms with E-state index in [0.29, 0.717) is 16.3 Å². The summed E-state index contributed by atoms with van der Waals surface area (Å²) in [6.45, 7) is 0. The van der Waals surface area contributed by atoms with Crippen LogP contribution in [0.15, 0.2) is 42.6 Å². The lowest BCUT2D eigenvalue weighted by Crippen LogP contribution is -2.23. The number of carbonyl (C=O) groups is 1. The highest BCUT2D eigenvalue weighted by atomic mass is 35.5. The Kier molecular flexibility index (Phi) is 3.58. The standard InChI is InChI=1S/C13H10ClFN2O/c14-9-3-6-11(17-7-9)12(13(16)18)8-1-4-10(15)5-2-8/h1-7,12H,(H2,16,18). The number of aromatic nitrogens is 1. The van der Waals surface area contributed by atoms with E-state index in [1.807, 2.05) is 0 Å². The maximum atomic E-state index is 12.9. The number of rotatable bonds is 3. The molecule has 0 aliphatic rings. The summed E-state index contributed by atoms with van der Waals surface area (Å²) in [6.07, 6.45) is 1.44. The Morgan fingerprint density at radius 2 is 1.89 bits per heavy atom. The number of pyridine rings is 1. The van der Waals surface area contributed by atoms with Crippen molar-refractivity contribution in [3.8, 4) is 0 Å². The zero-order chi connectivity index (χ0) is 13.1. The van der Waals surface area contributed by atoms with Crippen molar-refractivity contribution in [3.63, 3.8) is 0 Å². The predicted octanol–water partition coefficient (Wildman–Crippen LogP) is 2.49. The van der Waals surface area contributed by atoms with Crippen LogP contribution in [0.4, 0.5) is 4.39 Å². The monoisotopic (exact) mass is 264 g/mol. The van der Waals surface area contributed by atoms with Crippen LogP contribution in [0.5, 0.6) is 0 Å². The van der Waals surface area contributed by atoms with Crippen LogP contribution in [-0.4, -0.2) is 10.9 Å². The first-order valence-corrected chi connectivity index (χ1v) is 5.62. The van der Waals surface area contributed by atoms with Crippen molar-refractivity contribution in [2.45, 2.75) is 5.92 Å². The molecule has 1 aromatic heterocycles. The van der Waals surface area contributed by atoms with Crippen molar-refractivity contribution in [1.82, 2.24) is 4.98 Å². The van der Waals surface area contributed by atoms with Gasteiger partial charge in [0.2, 0.25) is 5.91 Å². The highest BCUT2D eigenvalue weighted by Crippen LogP contribution is 2.23. The van der Waals surface area contributed by atoms with Gasteiger partial charge in [-0.1, -0.05) is 23.7 Å². The van der Waals surface area contributed by atoms with Gasteiger partial charge in [0, 0.05) is 6.20 Å². The molecule has 0 saturated heterocycles. The molecule has 0 saturated carbocycles. The second-order valence-corrected chi connectivity index (χ2v) is 4.22. The normalized spacial score (nSPS) is 12.1. The highest BCUT2D eigenvalue weighted by molar-refractivity contribution is 6.30. The zero-order valence-electron chi connectivity index (χ0n) is 9.31. The third kappa shape index (κ3) is 2.65. The first-order valence-electron chi connectivity index (χ1n) is 5.24. The van der Waals surface area contributed by atoms with Gasteiger partial charge in [-0.3, -0.25) is 9.78 Å². The van der Waals surface area contributed by atoms with Crippen LogP contribution in [0.3, 0.4) is 0 Å². The largest absolute Gasteiger partial charge is 0.369 e. The third-order valence-electron chi connectivity index (χ3n) is 2.53. The molecule has 5 heteroatoms. The Morgan fingerprint density at radius 3 is 2.39 bits per heavy atom. The Labute approximate surface area is 108 Å².